The van der Waals surface area contributed by atoms with Crippen LogP contribution in [0.5, 0.6) is 0 Å². The molecule has 0 N–H and O–H groups in total. The summed E-state index contributed by atoms with van der Waals surface area (Å²) in [6.45, 7) is 4.64. The minimum Gasteiger partial charge on any atom is -0.726 e. The van der Waals surface area contributed by atoms with Gasteiger partial charge in [0, 0.05) is 0 Å². The van der Waals surface area contributed by atoms with Gasteiger partial charge in [0.2, 0.25) is 10.4 Å². The fraction of sp³-hybridized carbons (Fsp3) is 1.00. The van der Waals surface area contributed by atoms with E-state index < -0.39 is 10.4 Å². The molecule has 47 heavy (non-hydrogen) atoms. The predicted octanol–water partition coefficient (Wildman–Crippen LogP) is 11.6. The SMILES string of the molecule is CCCCCCCCCCCCCCCCCCCCCC(CCCCCCCCCCCCCCCCCC)COS(=O)(=O)[O-].[Na+]. The molecule has 0 heterocycles. The van der Waals surface area contributed by atoms with Gasteiger partial charge in [-0.25, -0.2) is 8.42 Å². The minimum absolute atomic E-state index is 0. The number of unbranched alkanes of at least 4 members (excludes halogenated alkanes) is 33. The average molecular weight is 695 g/mol. The summed E-state index contributed by atoms with van der Waals surface area (Å²) in [5, 5.41) is 0. The summed E-state index contributed by atoms with van der Waals surface area (Å²) in [7, 11) is -4.59. The van der Waals surface area contributed by atoms with Crippen LogP contribution in [0.3, 0.4) is 0 Å². The van der Waals surface area contributed by atoms with Gasteiger partial charge in [0.25, 0.3) is 0 Å². The summed E-state index contributed by atoms with van der Waals surface area (Å²) in [4.78, 5) is 0. The Morgan fingerprint density at radius 3 is 0.766 bits per heavy atom. The van der Waals surface area contributed by atoms with Crippen LogP contribution in [0.1, 0.15) is 251 Å². The molecule has 0 aliphatic heterocycles. The molecule has 0 radical (unpaired) electrons. The molecular formula is C41H83NaO4S. The van der Waals surface area contributed by atoms with Crippen molar-refractivity contribution in [1.82, 2.24) is 0 Å². The molecule has 0 amide bonds. The maximum absolute atomic E-state index is 11.0. The second kappa shape index (κ2) is 41.3. The first-order chi connectivity index (χ1) is 22.5. The van der Waals surface area contributed by atoms with Crippen molar-refractivity contribution in [3.63, 3.8) is 0 Å². The first-order valence-corrected chi connectivity index (χ1v) is 22.4. The zero-order chi connectivity index (χ0) is 33.7. The van der Waals surface area contributed by atoms with E-state index in [0.717, 1.165) is 25.7 Å². The largest absolute Gasteiger partial charge is 1.00 e. The van der Waals surface area contributed by atoms with Gasteiger partial charge in [-0.2, -0.15) is 0 Å². The molecule has 0 fully saturated rings. The van der Waals surface area contributed by atoms with Crippen molar-refractivity contribution < 1.29 is 46.7 Å². The minimum atomic E-state index is -4.59. The Morgan fingerprint density at radius 2 is 0.574 bits per heavy atom. The first kappa shape index (κ1) is 50.0. The topological polar surface area (TPSA) is 66.4 Å². The van der Waals surface area contributed by atoms with E-state index in [1.54, 1.807) is 0 Å². The van der Waals surface area contributed by atoms with Crippen LogP contribution in [0.4, 0.5) is 0 Å². The third kappa shape index (κ3) is 44.8. The van der Waals surface area contributed by atoms with E-state index in [2.05, 4.69) is 18.0 Å². The van der Waals surface area contributed by atoms with Crippen LogP contribution in [0, 0.1) is 5.92 Å². The maximum Gasteiger partial charge on any atom is 1.00 e. The van der Waals surface area contributed by atoms with Gasteiger partial charge in [-0.1, -0.05) is 239 Å². The standard InChI is InChI=1S/C41H84O4S.Na/c1-3-5-7-9-11-13-15-17-19-21-22-23-25-27-29-31-33-35-37-39-41(40-45-46(42,43)44)38-36-34-32-30-28-26-24-20-18-16-14-12-10-8-6-4-2;/h41H,3-40H2,1-2H3,(H,42,43,44);/q;+1/p-1. The monoisotopic (exact) mass is 695 g/mol. The predicted molar refractivity (Wildman–Crippen MR) is 201 cm³/mol. The molecule has 0 bridgehead atoms. The summed E-state index contributed by atoms with van der Waals surface area (Å²) in [5.74, 6) is 0.196. The fourth-order valence-corrected chi connectivity index (χ4v) is 7.34. The van der Waals surface area contributed by atoms with Crippen molar-refractivity contribution in [2.75, 3.05) is 6.61 Å². The number of hydrogen-bond donors (Lipinski definition) is 0. The van der Waals surface area contributed by atoms with Crippen molar-refractivity contribution >= 4 is 10.4 Å². The number of hydrogen-bond acceptors (Lipinski definition) is 4. The molecule has 0 rings (SSSR count). The summed E-state index contributed by atoms with van der Waals surface area (Å²) >= 11 is 0. The average Bonchev–Trinajstić information content (AvgIpc) is 3.03. The van der Waals surface area contributed by atoms with E-state index in [-0.39, 0.29) is 42.1 Å². The Labute approximate surface area is 319 Å². The van der Waals surface area contributed by atoms with Gasteiger partial charge < -0.3 is 4.55 Å². The molecule has 6 heteroatoms. The van der Waals surface area contributed by atoms with Gasteiger partial charge in [0.1, 0.15) is 0 Å². The van der Waals surface area contributed by atoms with Gasteiger partial charge >= 0.3 is 29.6 Å². The Balaban J connectivity index is 0. The van der Waals surface area contributed by atoms with Crippen molar-refractivity contribution in [2.45, 2.75) is 251 Å². The number of rotatable bonds is 40. The normalized spacial score (nSPS) is 12.4. The van der Waals surface area contributed by atoms with Crippen molar-refractivity contribution in [2.24, 2.45) is 5.92 Å². The molecule has 0 aliphatic carbocycles. The third-order valence-corrected chi connectivity index (χ3v) is 10.6. The second-order valence-electron chi connectivity index (χ2n) is 14.8. The van der Waals surface area contributed by atoms with Crippen LogP contribution in [0.2, 0.25) is 0 Å². The van der Waals surface area contributed by atoms with Crippen molar-refractivity contribution in [3.8, 4) is 0 Å². The molecule has 0 saturated carbocycles. The van der Waals surface area contributed by atoms with Crippen LogP contribution in [0.25, 0.3) is 0 Å². The zero-order valence-electron chi connectivity index (χ0n) is 32.5. The molecule has 1 atom stereocenters. The van der Waals surface area contributed by atoms with E-state index in [9.17, 15) is 13.0 Å². The van der Waals surface area contributed by atoms with Gasteiger partial charge in [0.15, 0.2) is 0 Å². The van der Waals surface area contributed by atoms with Crippen LogP contribution >= 0.6 is 0 Å². The van der Waals surface area contributed by atoms with Crippen LogP contribution < -0.4 is 29.6 Å². The van der Waals surface area contributed by atoms with E-state index >= 15 is 0 Å². The molecule has 278 valence electrons. The van der Waals surface area contributed by atoms with Crippen LogP contribution in [-0.2, 0) is 14.6 Å². The summed E-state index contributed by atoms with van der Waals surface area (Å²) < 4.78 is 37.8. The Bertz CT molecular complexity index is 672. The molecule has 4 nitrogen and oxygen atoms in total. The Morgan fingerprint density at radius 1 is 0.383 bits per heavy atom. The molecule has 0 saturated heterocycles. The third-order valence-electron chi connectivity index (χ3n) is 10.1. The Hall–Kier alpha value is 0.870. The van der Waals surface area contributed by atoms with Crippen molar-refractivity contribution in [1.29, 1.82) is 0 Å². The van der Waals surface area contributed by atoms with Gasteiger partial charge in [-0.15, -0.1) is 0 Å². The second-order valence-corrected chi connectivity index (χ2v) is 15.9. The van der Waals surface area contributed by atoms with Crippen molar-refractivity contribution in [3.05, 3.63) is 0 Å². The molecule has 0 aromatic rings. The van der Waals surface area contributed by atoms with E-state index in [0.29, 0.717) is 0 Å². The Kier molecular flexibility index (Phi) is 43.9. The smallest absolute Gasteiger partial charge is 0.726 e. The van der Waals surface area contributed by atoms with E-state index in [1.807, 2.05) is 0 Å². The van der Waals surface area contributed by atoms with Gasteiger partial charge in [-0.3, -0.25) is 4.18 Å². The fourth-order valence-electron chi connectivity index (χ4n) is 6.98. The van der Waals surface area contributed by atoms with Gasteiger partial charge in [0.05, 0.1) is 6.61 Å². The van der Waals surface area contributed by atoms with E-state index in [4.69, 9.17) is 0 Å². The van der Waals surface area contributed by atoms with Gasteiger partial charge in [-0.05, 0) is 18.8 Å². The van der Waals surface area contributed by atoms with E-state index in [1.165, 1.54) is 212 Å². The molecule has 0 aliphatic rings. The first-order valence-electron chi connectivity index (χ1n) is 21.1. The zero-order valence-corrected chi connectivity index (χ0v) is 35.3. The quantitative estimate of drug-likeness (QED) is 0.0277. The molecule has 0 spiro atoms. The van der Waals surface area contributed by atoms with Crippen LogP contribution in [-0.4, -0.2) is 19.6 Å². The molecule has 0 aromatic heterocycles. The molecular weight excluding hydrogens is 612 g/mol. The molecule has 1 unspecified atom stereocenters. The van der Waals surface area contributed by atoms with Crippen LogP contribution in [0.15, 0.2) is 0 Å². The maximum atomic E-state index is 11.0. The molecule has 0 aromatic carbocycles. The summed E-state index contributed by atoms with van der Waals surface area (Å²) in [6.07, 6.45) is 49.7. The summed E-state index contributed by atoms with van der Waals surface area (Å²) in [6, 6.07) is 0. The summed E-state index contributed by atoms with van der Waals surface area (Å²) in [5.41, 5.74) is 0.